The zero-order chi connectivity index (χ0) is 18.7. The molecule has 0 spiro atoms. The van der Waals surface area contributed by atoms with E-state index >= 15 is 0 Å². The Morgan fingerprint density at radius 2 is 1.81 bits per heavy atom. The summed E-state index contributed by atoms with van der Waals surface area (Å²) in [5, 5.41) is 15.2. The molecule has 0 atom stereocenters. The monoisotopic (exact) mass is 365 g/mol. The summed E-state index contributed by atoms with van der Waals surface area (Å²) in [5.41, 5.74) is 1.55. The van der Waals surface area contributed by atoms with E-state index < -0.39 is 18.3 Å². The van der Waals surface area contributed by atoms with Crippen LogP contribution in [0.5, 0.6) is 0 Å². The average molecular weight is 365 g/mol. The molecule has 132 valence electrons. The molecule has 0 amide bonds. The molecule has 0 radical (unpaired) electrons. The molecule has 0 saturated carbocycles. The SMILES string of the molecule is Cn1ncc(B2OC(C)(C)C(C)(C)O2)c1-c1sc2ccccc2c1C#N. The van der Waals surface area contributed by atoms with Crippen molar-refractivity contribution in [2.24, 2.45) is 7.05 Å². The first-order valence-corrected chi connectivity index (χ1v) is 9.36. The fourth-order valence-corrected chi connectivity index (χ4v) is 4.45. The van der Waals surface area contributed by atoms with Crippen molar-refractivity contribution in [1.29, 1.82) is 5.26 Å². The molecule has 3 heterocycles. The summed E-state index contributed by atoms with van der Waals surface area (Å²) in [6.45, 7) is 8.12. The van der Waals surface area contributed by atoms with Crippen molar-refractivity contribution in [3.63, 3.8) is 0 Å². The Kier molecular flexibility index (Phi) is 3.78. The van der Waals surface area contributed by atoms with Crippen LogP contribution in [0.25, 0.3) is 20.7 Å². The summed E-state index contributed by atoms with van der Waals surface area (Å²) in [4.78, 5) is 0.901. The van der Waals surface area contributed by atoms with Crippen molar-refractivity contribution in [2.45, 2.75) is 38.9 Å². The molecule has 4 rings (SSSR count). The molecule has 0 N–H and O–H groups in total. The number of thiophene rings is 1. The fraction of sp³-hybridized carbons (Fsp3) is 0.368. The number of aromatic nitrogens is 2. The Bertz CT molecular complexity index is 1030. The second-order valence-electron chi connectivity index (χ2n) is 7.57. The van der Waals surface area contributed by atoms with Gasteiger partial charge in [-0.3, -0.25) is 4.68 Å². The molecule has 1 aliphatic rings. The number of aryl methyl sites for hydroxylation is 1. The average Bonchev–Trinajstić information content (AvgIpc) is 3.18. The number of rotatable bonds is 2. The Labute approximate surface area is 157 Å². The van der Waals surface area contributed by atoms with E-state index in [0.717, 1.165) is 26.1 Å². The predicted molar refractivity (Wildman–Crippen MR) is 104 cm³/mol. The number of hydrogen-bond acceptors (Lipinski definition) is 5. The highest BCUT2D eigenvalue weighted by atomic mass is 32.1. The second-order valence-corrected chi connectivity index (χ2v) is 8.63. The van der Waals surface area contributed by atoms with Crippen molar-refractivity contribution in [3.05, 3.63) is 36.0 Å². The van der Waals surface area contributed by atoms with Crippen LogP contribution < -0.4 is 5.46 Å². The van der Waals surface area contributed by atoms with Crippen LogP contribution in [0.1, 0.15) is 33.3 Å². The summed E-state index contributed by atoms with van der Waals surface area (Å²) >= 11 is 1.60. The molecule has 26 heavy (non-hydrogen) atoms. The van der Waals surface area contributed by atoms with Crippen LogP contribution in [0.15, 0.2) is 30.5 Å². The van der Waals surface area contributed by atoms with Gasteiger partial charge in [-0.05, 0) is 33.8 Å². The number of benzene rings is 1. The zero-order valence-corrected chi connectivity index (χ0v) is 16.3. The molecule has 1 saturated heterocycles. The first-order valence-electron chi connectivity index (χ1n) is 8.55. The van der Waals surface area contributed by atoms with Gasteiger partial charge in [0.2, 0.25) is 0 Å². The van der Waals surface area contributed by atoms with Crippen LogP contribution in [0.3, 0.4) is 0 Å². The summed E-state index contributed by atoms with van der Waals surface area (Å²) in [6.07, 6.45) is 1.78. The predicted octanol–water partition coefficient (Wildman–Crippen LogP) is 3.47. The van der Waals surface area contributed by atoms with Crippen molar-refractivity contribution in [1.82, 2.24) is 9.78 Å². The maximum absolute atomic E-state index is 9.78. The van der Waals surface area contributed by atoms with E-state index in [9.17, 15) is 5.26 Å². The minimum absolute atomic E-state index is 0.428. The van der Waals surface area contributed by atoms with E-state index in [1.165, 1.54) is 0 Å². The van der Waals surface area contributed by atoms with Gasteiger partial charge in [-0.15, -0.1) is 11.3 Å². The van der Waals surface area contributed by atoms with E-state index in [1.807, 2.05) is 59.0 Å². The molecular formula is C19H20BN3O2S. The molecule has 0 unspecified atom stereocenters. The molecule has 3 aromatic rings. The third-order valence-electron chi connectivity index (χ3n) is 5.40. The Morgan fingerprint density at radius 1 is 1.15 bits per heavy atom. The smallest absolute Gasteiger partial charge is 0.399 e. The largest absolute Gasteiger partial charge is 0.498 e. The second kappa shape index (κ2) is 5.68. The van der Waals surface area contributed by atoms with Crippen LogP contribution >= 0.6 is 11.3 Å². The lowest BCUT2D eigenvalue weighted by Crippen LogP contribution is -2.41. The molecule has 1 aromatic carbocycles. The maximum atomic E-state index is 9.78. The van der Waals surface area contributed by atoms with E-state index in [0.29, 0.717) is 5.56 Å². The lowest BCUT2D eigenvalue weighted by molar-refractivity contribution is 0.00578. The number of hydrogen-bond donors (Lipinski definition) is 0. The number of nitrogens with zero attached hydrogens (tertiary/aromatic N) is 3. The van der Waals surface area contributed by atoms with Gasteiger partial charge in [0.05, 0.1) is 27.3 Å². The minimum Gasteiger partial charge on any atom is -0.399 e. The van der Waals surface area contributed by atoms with Gasteiger partial charge in [-0.2, -0.15) is 10.4 Å². The van der Waals surface area contributed by atoms with Gasteiger partial charge >= 0.3 is 7.12 Å². The first kappa shape index (κ1) is 17.3. The van der Waals surface area contributed by atoms with Crippen molar-refractivity contribution < 1.29 is 9.31 Å². The number of nitriles is 1. The molecule has 1 fully saturated rings. The van der Waals surface area contributed by atoms with Crippen molar-refractivity contribution in [3.8, 4) is 16.6 Å². The Morgan fingerprint density at radius 3 is 2.46 bits per heavy atom. The zero-order valence-electron chi connectivity index (χ0n) is 15.5. The lowest BCUT2D eigenvalue weighted by atomic mass is 9.78. The van der Waals surface area contributed by atoms with E-state index in [2.05, 4.69) is 11.2 Å². The van der Waals surface area contributed by atoms with Gasteiger partial charge in [0, 0.05) is 28.8 Å². The van der Waals surface area contributed by atoms with Crippen LogP contribution in [-0.2, 0) is 16.4 Å². The Balaban J connectivity index is 1.89. The highest BCUT2D eigenvalue weighted by Crippen LogP contribution is 2.40. The molecule has 2 aromatic heterocycles. The van der Waals surface area contributed by atoms with E-state index in [1.54, 1.807) is 22.2 Å². The van der Waals surface area contributed by atoms with Crippen LogP contribution in [-0.4, -0.2) is 28.1 Å². The summed E-state index contributed by atoms with van der Waals surface area (Å²) in [6, 6.07) is 10.3. The van der Waals surface area contributed by atoms with Crippen molar-refractivity contribution >= 4 is 34.0 Å². The van der Waals surface area contributed by atoms with Gasteiger partial charge in [-0.25, -0.2) is 0 Å². The lowest BCUT2D eigenvalue weighted by Gasteiger charge is -2.32. The molecule has 1 aliphatic heterocycles. The fourth-order valence-electron chi connectivity index (χ4n) is 3.20. The van der Waals surface area contributed by atoms with Gasteiger partial charge in [-0.1, -0.05) is 18.2 Å². The molecule has 7 heteroatoms. The normalized spacial score (nSPS) is 18.4. The van der Waals surface area contributed by atoms with Gasteiger partial charge in [0.15, 0.2) is 0 Å². The molecule has 0 aliphatic carbocycles. The summed E-state index contributed by atoms with van der Waals surface area (Å²) in [5.74, 6) is 0. The van der Waals surface area contributed by atoms with Crippen molar-refractivity contribution in [2.75, 3.05) is 0 Å². The van der Waals surface area contributed by atoms with E-state index in [-0.39, 0.29) is 0 Å². The van der Waals surface area contributed by atoms with Crippen LogP contribution in [0.4, 0.5) is 0 Å². The van der Waals surface area contributed by atoms with Gasteiger partial charge in [0.1, 0.15) is 6.07 Å². The third-order valence-corrected chi connectivity index (χ3v) is 6.57. The molecular weight excluding hydrogens is 345 g/mol. The van der Waals surface area contributed by atoms with Gasteiger partial charge < -0.3 is 9.31 Å². The summed E-state index contributed by atoms with van der Waals surface area (Å²) in [7, 11) is 1.37. The highest BCUT2D eigenvalue weighted by Gasteiger charge is 2.53. The highest BCUT2D eigenvalue weighted by molar-refractivity contribution is 7.22. The quantitative estimate of drug-likeness (QED) is 0.653. The van der Waals surface area contributed by atoms with Gasteiger partial charge in [0.25, 0.3) is 0 Å². The standard InChI is InChI=1S/C19H20BN3O2S/c1-18(2)19(3,4)25-20(24-18)14-11-22-23(5)16(14)17-13(10-21)12-8-6-7-9-15(12)26-17/h6-9,11H,1-5H3. The molecule has 5 nitrogen and oxygen atoms in total. The molecule has 0 bridgehead atoms. The first-order chi connectivity index (χ1) is 12.2. The number of fused-ring (bicyclic) bond motifs is 1. The topological polar surface area (TPSA) is 60.1 Å². The Hall–Kier alpha value is -2.14. The summed E-state index contributed by atoms with van der Waals surface area (Å²) < 4.78 is 15.3. The maximum Gasteiger partial charge on any atom is 0.498 e. The van der Waals surface area contributed by atoms with Crippen LogP contribution in [0, 0.1) is 11.3 Å². The third kappa shape index (κ3) is 2.41. The minimum atomic E-state index is -0.513. The van der Waals surface area contributed by atoms with Crippen LogP contribution in [0.2, 0.25) is 0 Å². The van der Waals surface area contributed by atoms with E-state index in [4.69, 9.17) is 9.31 Å².